The number of benzene rings is 1. The molecule has 7 heteroatoms. The van der Waals surface area contributed by atoms with Crippen LogP contribution in [0.3, 0.4) is 0 Å². The summed E-state index contributed by atoms with van der Waals surface area (Å²) in [5, 5.41) is 0. The van der Waals surface area contributed by atoms with Crippen LogP contribution in [0.5, 0.6) is 11.5 Å². The summed E-state index contributed by atoms with van der Waals surface area (Å²) in [6.07, 6.45) is 0. The van der Waals surface area contributed by atoms with E-state index in [1.54, 1.807) is 31.0 Å². The van der Waals surface area contributed by atoms with E-state index in [2.05, 4.69) is 4.74 Å². The summed E-state index contributed by atoms with van der Waals surface area (Å²) in [5.74, 6) is -0.119. The molecule has 118 valence electrons. The Morgan fingerprint density at radius 3 is 2.62 bits per heavy atom. The third-order valence-electron chi connectivity index (χ3n) is 2.60. The van der Waals surface area contributed by atoms with Gasteiger partial charge in [0.2, 0.25) is 0 Å². The fraction of sp³-hybridized carbons (Fsp3) is 0.500. The normalized spacial score (nSPS) is 10.8. The first-order chi connectivity index (χ1) is 9.96. The molecule has 0 aliphatic rings. The highest BCUT2D eigenvalue weighted by Gasteiger charge is 2.13. The monoisotopic (exact) mass is 303 g/mol. The van der Waals surface area contributed by atoms with Crippen LogP contribution in [0.15, 0.2) is 18.2 Å². The van der Waals surface area contributed by atoms with Gasteiger partial charge in [-0.15, -0.1) is 0 Å². The van der Waals surface area contributed by atoms with Crippen LogP contribution in [0.2, 0.25) is 0 Å². The summed E-state index contributed by atoms with van der Waals surface area (Å²) in [5.41, 5.74) is 0.806. The number of hydrogen-bond donors (Lipinski definition) is 0. The highest BCUT2D eigenvalue weighted by Crippen LogP contribution is 2.29. The average Bonchev–Trinajstić information content (AvgIpc) is 2.39. The maximum absolute atomic E-state index is 12.2. The Morgan fingerprint density at radius 1 is 1.33 bits per heavy atom. The van der Waals surface area contributed by atoms with Crippen LogP contribution in [-0.2, 0) is 16.1 Å². The van der Waals surface area contributed by atoms with Gasteiger partial charge >= 0.3 is 12.6 Å². The molecule has 5 nitrogen and oxygen atoms in total. The first-order valence-corrected chi connectivity index (χ1v) is 6.42. The molecule has 0 amide bonds. The Bertz CT molecular complexity index is 468. The van der Waals surface area contributed by atoms with Gasteiger partial charge in [-0.3, -0.25) is 9.69 Å². The second-order valence-corrected chi connectivity index (χ2v) is 4.34. The number of carbonyl (C=O) groups excluding carboxylic acids is 1. The Balaban J connectivity index is 2.69. The fourth-order valence-electron chi connectivity index (χ4n) is 1.80. The molecule has 0 saturated heterocycles. The Morgan fingerprint density at radius 2 is 2.05 bits per heavy atom. The molecule has 21 heavy (non-hydrogen) atoms. The van der Waals surface area contributed by atoms with Gasteiger partial charge in [0.1, 0.15) is 0 Å². The average molecular weight is 303 g/mol. The number of halogens is 2. The molecule has 0 heterocycles. The summed E-state index contributed by atoms with van der Waals surface area (Å²) in [6, 6.07) is 4.65. The van der Waals surface area contributed by atoms with E-state index in [9.17, 15) is 13.6 Å². The zero-order chi connectivity index (χ0) is 15.8. The number of nitrogens with zero attached hydrogens (tertiary/aromatic N) is 1. The number of hydrogen-bond acceptors (Lipinski definition) is 5. The van der Waals surface area contributed by atoms with E-state index in [-0.39, 0.29) is 24.0 Å². The second-order valence-electron chi connectivity index (χ2n) is 4.34. The number of esters is 1. The molecule has 1 aromatic carbocycles. The fourth-order valence-corrected chi connectivity index (χ4v) is 1.80. The summed E-state index contributed by atoms with van der Waals surface area (Å²) < 4.78 is 38.7. The van der Waals surface area contributed by atoms with Crippen molar-refractivity contribution in [3.8, 4) is 11.5 Å². The Hall–Kier alpha value is -1.89. The highest BCUT2D eigenvalue weighted by molar-refractivity contribution is 5.71. The van der Waals surface area contributed by atoms with Gasteiger partial charge < -0.3 is 14.2 Å². The van der Waals surface area contributed by atoms with Crippen molar-refractivity contribution in [2.24, 2.45) is 0 Å². The standard InChI is InChI=1S/C14H19F2NO4/c1-4-20-13(18)9-17(2)8-10-5-6-11(21-14(15)16)12(7-10)19-3/h5-7,14H,4,8-9H2,1-3H3. The van der Waals surface area contributed by atoms with E-state index in [1.165, 1.54) is 13.2 Å². The number of methoxy groups -OCH3 is 1. The third-order valence-corrected chi connectivity index (χ3v) is 2.60. The maximum Gasteiger partial charge on any atom is 0.387 e. The minimum atomic E-state index is -2.91. The van der Waals surface area contributed by atoms with Crippen LogP contribution in [0.25, 0.3) is 0 Å². The molecule has 0 unspecified atom stereocenters. The molecular formula is C14H19F2NO4. The number of alkyl halides is 2. The molecule has 0 aliphatic carbocycles. The van der Waals surface area contributed by atoms with Gasteiger partial charge in [-0.1, -0.05) is 6.07 Å². The van der Waals surface area contributed by atoms with E-state index < -0.39 is 6.61 Å². The van der Waals surface area contributed by atoms with Gasteiger partial charge in [0.05, 0.1) is 20.3 Å². The zero-order valence-electron chi connectivity index (χ0n) is 12.3. The van der Waals surface area contributed by atoms with Crippen molar-refractivity contribution in [3.05, 3.63) is 23.8 Å². The van der Waals surface area contributed by atoms with Crippen LogP contribution in [0.4, 0.5) is 8.78 Å². The molecule has 0 radical (unpaired) electrons. The third kappa shape index (κ3) is 5.95. The predicted molar refractivity (Wildman–Crippen MR) is 72.6 cm³/mol. The SMILES string of the molecule is CCOC(=O)CN(C)Cc1ccc(OC(F)F)c(OC)c1. The summed E-state index contributed by atoms with van der Waals surface area (Å²) in [6.45, 7) is -0.239. The van der Waals surface area contributed by atoms with Crippen molar-refractivity contribution >= 4 is 5.97 Å². The minimum Gasteiger partial charge on any atom is -0.493 e. The van der Waals surface area contributed by atoms with Crippen molar-refractivity contribution in [1.82, 2.24) is 4.90 Å². The highest BCUT2D eigenvalue weighted by atomic mass is 19.3. The number of likely N-dealkylation sites (N-methyl/N-ethyl adjacent to an activating group) is 1. The molecule has 1 aromatic rings. The van der Waals surface area contributed by atoms with Gasteiger partial charge in [-0.05, 0) is 31.7 Å². The van der Waals surface area contributed by atoms with Crippen LogP contribution in [0.1, 0.15) is 12.5 Å². The maximum atomic E-state index is 12.2. The predicted octanol–water partition coefficient (Wildman–Crippen LogP) is 2.29. The van der Waals surface area contributed by atoms with Crippen LogP contribution < -0.4 is 9.47 Å². The molecule has 0 N–H and O–H groups in total. The lowest BCUT2D eigenvalue weighted by Gasteiger charge is -2.17. The van der Waals surface area contributed by atoms with Crippen LogP contribution in [0, 0.1) is 0 Å². The number of rotatable bonds is 8. The van der Waals surface area contributed by atoms with E-state index in [0.717, 1.165) is 5.56 Å². The first-order valence-electron chi connectivity index (χ1n) is 6.42. The van der Waals surface area contributed by atoms with Crippen molar-refractivity contribution in [3.63, 3.8) is 0 Å². The van der Waals surface area contributed by atoms with E-state index in [1.807, 2.05) is 0 Å². The molecular weight excluding hydrogens is 284 g/mol. The molecule has 0 bridgehead atoms. The van der Waals surface area contributed by atoms with Crippen LogP contribution >= 0.6 is 0 Å². The van der Waals surface area contributed by atoms with E-state index >= 15 is 0 Å². The number of ether oxygens (including phenoxy) is 3. The lowest BCUT2D eigenvalue weighted by Crippen LogP contribution is -2.27. The molecule has 0 fully saturated rings. The van der Waals surface area contributed by atoms with Gasteiger partial charge in [-0.25, -0.2) is 0 Å². The van der Waals surface area contributed by atoms with Gasteiger partial charge in [0.25, 0.3) is 0 Å². The Kier molecular flexibility index (Phi) is 6.87. The molecule has 1 rings (SSSR count). The topological polar surface area (TPSA) is 48.0 Å². The second kappa shape index (κ2) is 8.41. The summed E-state index contributed by atoms with van der Waals surface area (Å²) >= 11 is 0. The van der Waals surface area contributed by atoms with Crippen molar-refractivity contribution in [2.45, 2.75) is 20.1 Å². The van der Waals surface area contributed by atoms with E-state index in [4.69, 9.17) is 9.47 Å². The van der Waals surface area contributed by atoms with Crippen molar-refractivity contribution in [2.75, 3.05) is 27.3 Å². The van der Waals surface area contributed by atoms with Gasteiger partial charge in [-0.2, -0.15) is 8.78 Å². The smallest absolute Gasteiger partial charge is 0.387 e. The summed E-state index contributed by atoms with van der Waals surface area (Å²) in [4.78, 5) is 13.1. The molecule has 0 saturated carbocycles. The largest absolute Gasteiger partial charge is 0.493 e. The first kappa shape index (κ1) is 17.2. The molecule has 0 aromatic heterocycles. The Labute approximate surface area is 122 Å². The summed E-state index contributed by atoms with van der Waals surface area (Å²) in [7, 11) is 3.13. The van der Waals surface area contributed by atoms with Crippen molar-refractivity contribution < 1.29 is 27.8 Å². The van der Waals surface area contributed by atoms with E-state index in [0.29, 0.717) is 13.2 Å². The quantitative estimate of drug-likeness (QED) is 0.690. The lowest BCUT2D eigenvalue weighted by atomic mass is 10.2. The number of carbonyl (C=O) groups is 1. The molecule has 0 spiro atoms. The zero-order valence-corrected chi connectivity index (χ0v) is 12.3. The minimum absolute atomic E-state index is 0.0238. The lowest BCUT2D eigenvalue weighted by molar-refractivity contribution is -0.144. The van der Waals surface area contributed by atoms with Crippen molar-refractivity contribution in [1.29, 1.82) is 0 Å². The molecule has 0 atom stereocenters. The van der Waals surface area contributed by atoms with Crippen LogP contribution in [-0.4, -0.2) is 44.8 Å². The van der Waals surface area contributed by atoms with Gasteiger partial charge in [0.15, 0.2) is 11.5 Å². The molecule has 0 aliphatic heterocycles. The van der Waals surface area contributed by atoms with Gasteiger partial charge in [0, 0.05) is 6.54 Å².